The first kappa shape index (κ1) is 28.4. The highest BCUT2D eigenvalue weighted by Gasteiger charge is 2.49. The number of phenols is 1. The zero-order chi connectivity index (χ0) is 29.1. The number of methoxy groups -OCH3 is 1. The molecule has 4 rings (SSSR count). The van der Waals surface area contributed by atoms with E-state index in [1.807, 2.05) is 0 Å². The molecule has 11 heteroatoms. The van der Waals surface area contributed by atoms with Gasteiger partial charge in [-0.2, -0.15) is 0 Å². The van der Waals surface area contributed by atoms with E-state index in [1.54, 1.807) is 39.0 Å². The predicted molar refractivity (Wildman–Crippen MR) is 149 cm³/mol. The molecule has 0 bridgehead atoms. The van der Waals surface area contributed by atoms with Crippen LogP contribution in [0.3, 0.4) is 0 Å². The molecule has 0 aliphatic carbocycles. The number of esters is 1. The molecule has 3 aromatic rings. The van der Waals surface area contributed by atoms with Crippen LogP contribution in [0.2, 0.25) is 0 Å². The minimum absolute atomic E-state index is 0.0115. The van der Waals surface area contributed by atoms with E-state index >= 15 is 0 Å². The first-order valence-electron chi connectivity index (χ1n) is 12.3. The van der Waals surface area contributed by atoms with Crippen molar-refractivity contribution in [2.24, 2.45) is 0 Å². The number of aryl methyl sites for hydroxylation is 2. The Hall–Kier alpha value is -4.64. The SMILES string of the molecule is C=CCOC(=O)c1sc(N2C(=O)C(=O)/C(=C(/O)c3ccc(OC)cc3C)C2c2ccc(O)cc2OCC)nc1C. The summed E-state index contributed by atoms with van der Waals surface area (Å²) in [6.45, 7) is 8.81. The monoisotopic (exact) mass is 564 g/mol. The number of hydrogen-bond donors (Lipinski definition) is 2. The first-order chi connectivity index (χ1) is 19.1. The quantitative estimate of drug-likeness (QED) is 0.123. The maximum Gasteiger partial charge on any atom is 0.350 e. The molecule has 2 N–H and O–H groups in total. The van der Waals surface area contributed by atoms with Crippen molar-refractivity contribution in [3.8, 4) is 17.2 Å². The number of nitrogens with zero attached hydrogens (tertiary/aromatic N) is 2. The summed E-state index contributed by atoms with van der Waals surface area (Å²) in [5.74, 6) is -2.28. The summed E-state index contributed by atoms with van der Waals surface area (Å²) in [6.07, 6.45) is 1.43. The third kappa shape index (κ3) is 5.15. The number of rotatable bonds is 9. The zero-order valence-corrected chi connectivity index (χ0v) is 23.2. The van der Waals surface area contributed by atoms with E-state index in [-0.39, 0.29) is 40.3 Å². The van der Waals surface area contributed by atoms with Crippen LogP contribution in [0.25, 0.3) is 5.76 Å². The van der Waals surface area contributed by atoms with Crippen LogP contribution >= 0.6 is 11.3 Å². The van der Waals surface area contributed by atoms with Gasteiger partial charge in [-0.25, -0.2) is 9.78 Å². The number of amides is 1. The lowest BCUT2D eigenvalue weighted by Gasteiger charge is -2.25. The Balaban J connectivity index is 1.96. The molecule has 2 heterocycles. The third-order valence-corrected chi connectivity index (χ3v) is 7.37. The number of phenolic OH excluding ortho intramolecular Hbond substituents is 1. The number of carbonyl (C=O) groups is 3. The van der Waals surface area contributed by atoms with Crippen molar-refractivity contribution in [1.82, 2.24) is 4.98 Å². The van der Waals surface area contributed by atoms with Crippen molar-refractivity contribution in [2.45, 2.75) is 26.8 Å². The van der Waals surface area contributed by atoms with Crippen molar-refractivity contribution in [3.05, 3.63) is 81.9 Å². The van der Waals surface area contributed by atoms with E-state index in [1.165, 1.54) is 31.4 Å². The average molecular weight is 565 g/mol. The van der Waals surface area contributed by atoms with Crippen LogP contribution < -0.4 is 14.4 Å². The smallest absolute Gasteiger partial charge is 0.350 e. The third-order valence-electron chi connectivity index (χ3n) is 6.23. The van der Waals surface area contributed by atoms with Gasteiger partial charge in [-0.1, -0.05) is 24.0 Å². The standard InChI is InChI=1S/C29H28N2O8S/c1-6-12-39-28(36)26-16(4)30-29(40-26)31-23(20-10-8-17(32)14-21(20)38-7-2)22(25(34)27(31)35)24(33)19-11-9-18(37-5)13-15(19)3/h6,8-11,13-14,23,32-33H,1,7,12H2,2-5H3/b24-22+. The van der Waals surface area contributed by atoms with Crippen LogP contribution in [0.4, 0.5) is 5.13 Å². The van der Waals surface area contributed by atoms with E-state index in [9.17, 15) is 24.6 Å². The molecule has 1 unspecified atom stereocenters. The molecule has 0 saturated carbocycles. The van der Waals surface area contributed by atoms with Gasteiger partial charge < -0.3 is 24.4 Å². The number of ether oxygens (including phenoxy) is 3. The minimum Gasteiger partial charge on any atom is -0.508 e. The highest BCUT2D eigenvalue weighted by Crippen LogP contribution is 2.47. The van der Waals surface area contributed by atoms with Crippen LogP contribution in [0, 0.1) is 13.8 Å². The molecule has 208 valence electrons. The highest BCUT2D eigenvalue weighted by atomic mass is 32.1. The van der Waals surface area contributed by atoms with Crippen LogP contribution in [0.15, 0.2) is 54.6 Å². The summed E-state index contributed by atoms with van der Waals surface area (Å²) < 4.78 is 16.1. The zero-order valence-electron chi connectivity index (χ0n) is 22.4. The Morgan fingerprint density at radius 2 is 1.95 bits per heavy atom. The van der Waals surface area contributed by atoms with E-state index in [4.69, 9.17) is 14.2 Å². The van der Waals surface area contributed by atoms with E-state index < -0.39 is 29.5 Å². The van der Waals surface area contributed by atoms with Crippen molar-refractivity contribution in [2.75, 3.05) is 25.2 Å². The second-order valence-electron chi connectivity index (χ2n) is 8.80. The molecule has 1 fully saturated rings. The second kappa shape index (κ2) is 11.6. The number of hydrogen-bond acceptors (Lipinski definition) is 10. The van der Waals surface area contributed by atoms with E-state index in [0.29, 0.717) is 28.1 Å². The average Bonchev–Trinajstić information content (AvgIpc) is 3.43. The van der Waals surface area contributed by atoms with Gasteiger partial charge in [0.15, 0.2) is 5.13 Å². The maximum absolute atomic E-state index is 13.6. The number of aliphatic hydroxyl groups excluding tert-OH is 1. The molecule has 10 nitrogen and oxygen atoms in total. The van der Waals surface area contributed by atoms with E-state index in [0.717, 1.165) is 16.2 Å². The largest absolute Gasteiger partial charge is 0.508 e. The van der Waals surface area contributed by atoms with Crippen LogP contribution in [0.5, 0.6) is 17.2 Å². The topological polar surface area (TPSA) is 135 Å². The van der Waals surface area contributed by atoms with Crippen LogP contribution in [-0.4, -0.2) is 53.2 Å². The van der Waals surface area contributed by atoms with Gasteiger partial charge >= 0.3 is 11.9 Å². The lowest BCUT2D eigenvalue weighted by Crippen LogP contribution is -2.29. The molecule has 1 amide bonds. The number of aliphatic hydroxyl groups is 1. The predicted octanol–water partition coefficient (Wildman–Crippen LogP) is 4.84. The molecule has 2 aromatic carbocycles. The van der Waals surface area contributed by atoms with Gasteiger partial charge in [-0.05, 0) is 56.7 Å². The van der Waals surface area contributed by atoms with Gasteiger partial charge in [0.05, 0.1) is 25.0 Å². The van der Waals surface area contributed by atoms with Gasteiger partial charge in [0.2, 0.25) is 0 Å². The molecule has 0 spiro atoms. The Labute approximate surface area is 234 Å². The number of thiazole rings is 1. The first-order valence-corrected chi connectivity index (χ1v) is 13.1. The van der Waals surface area contributed by atoms with Crippen molar-refractivity contribution in [1.29, 1.82) is 0 Å². The Kier molecular flexibility index (Phi) is 8.24. The number of ketones is 1. The molecule has 0 radical (unpaired) electrons. The molecule has 1 saturated heterocycles. The minimum atomic E-state index is -1.19. The number of anilines is 1. The number of carbonyl (C=O) groups excluding carboxylic acids is 3. The van der Waals surface area contributed by atoms with Gasteiger partial charge in [0.25, 0.3) is 5.78 Å². The maximum atomic E-state index is 13.6. The summed E-state index contributed by atoms with van der Waals surface area (Å²) in [5, 5.41) is 21.7. The number of aromatic nitrogens is 1. The lowest BCUT2D eigenvalue weighted by molar-refractivity contribution is -0.132. The Morgan fingerprint density at radius 1 is 1.20 bits per heavy atom. The van der Waals surface area contributed by atoms with Crippen LogP contribution in [0.1, 0.15) is 45.0 Å². The number of aromatic hydroxyl groups is 1. The van der Waals surface area contributed by atoms with Crippen molar-refractivity contribution in [3.63, 3.8) is 0 Å². The normalized spacial score (nSPS) is 16.2. The summed E-state index contributed by atoms with van der Waals surface area (Å²) in [6, 6.07) is 7.99. The van der Waals surface area contributed by atoms with Gasteiger partial charge in [0.1, 0.15) is 40.5 Å². The second-order valence-corrected chi connectivity index (χ2v) is 9.78. The summed E-state index contributed by atoms with van der Waals surface area (Å²) in [7, 11) is 1.51. The molecule has 1 atom stereocenters. The van der Waals surface area contributed by atoms with E-state index in [2.05, 4.69) is 11.6 Å². The summed E-state index contributed by atoms with van der Waals surface area (Å²) in [5.41, 5.74) is 1.36. The summed E-state index contributed by atoms with van der Waals surface area (Å²) >= 11 is 0.881. The molecule has 1 aliphatic rings. The fraction of sp³-hybridized carbons (Fsp3) is 0.241. The molecular weight excluding hydrogens is 536 g/mol. The van der Waals surface area contributed by atoms with Gasteiger partial charge in [-0.3, -0.25) is 14.5 Å². The molecular formula is C29H28N2O8S. The fourth-order valence-electron chi connectivity index (χ4n) is 4.40. The molecule has 40 heavy (non-hydrogen) atoms. The molecule has 1 aromatic heterocycles. The van der Waals surface area contributed by atoms with Crippen molar-refractivity contribution >= 4 is 39.9 Å². The van der Waals surface area contributed by atoms with Gasteiger partial charge in [0, 0.05) is 17.2 Å². The molecule has 1 aliphatic heterocycles. The lowest BCUT2D eigenvalue weighted by atomic mass is 9.93. The number of Topliss-reactive ketones (excluding diaryl/α,β-unsaturated/α-hetero) is 1. The summed E-state index contributed by atoms with van der Waals surface area (Å²) in [4.78, 5) is 45.4. The Bertz CT molecular complexity index is 1540. The van der Waals surface area contributed by atoms with Crippen molar-refractivity contribution < 1.29 is 38.8 Å². The number of benzene rings is 2. The fourth-order valence-corrected chi connectivity index (χ4v) is 5.39. The highest BCUT2D eigenvalue weighted by molar-refractivity contribution is 7.17. The van der Waals surface area contributed by atoms with Crippen LogP contribution in [-0.2, 0) is 14.3 Å². The Morgan fingerprint density at radius 3 is 2.60 bits per heavy atom. The van der Waals surface area contributed by atoms with Gasteiger partial charge in [-0.15, -0.1) is 0 Å².